The Balaban J connectivity index is 2.63. The molecule has 0 aliphatic carbocycles. The van der Waals surface area contributed by atoms with Gasteiger partial charge in [-0.15, -0.1) is 0 Å². The van der Waals surface area contributed by atoms with E-state index in [9.17, 15) is 9.59 Å². The largest absolute Gasteiger partial charge is 0.384 e. The summed E-state index contributed by atoms with van der Waals surface area (Å²) in [6, 6.07) is 10.1. The highest BCUT2D eigenvalue weighted by molar-refractivity contribution is 6.48. The normalized spacial score (nSPS) is 10.3. The van der Waals surface area contributed by atoms with E-state index in [-0.39, 0.29) is 0 Å². The van der Waals surface area contributed by atoms with Gasteiger partial charge in [0.1, 0.15) is 6.07 Å². The number of carbonyl (C=O) groups excluding carboxylic acids is 2. The Morgan fingerprint density at radius 1 is 1.39 bits per heavy atom. The summed E-state index contributed by atoms with van der Waals surface area (Å²) in [6.07, 6.45) is 0. The van der Waals surface area contributed by atoms with E-state index in [4.69, 9.17) is 11.0 Å². The number of rotatable bonds is 5. The van der Waals surface area contributed by atoms with Crippen molar-refractivity contribution in [3.8, 4) is 6.07 Å². The number of anilines is 1. The topological polar surface area (TPSA) is 118 Å². The monoisotopic (exact) mass is 246 g/mol. The van der Waals surface area contributed by atoms with Crippen LogP contribution in [-0.4, -0.2) is 24.1 Å². The lowest BCUT2D eigenvalue weighted by atomic mass is 10.3. The molecule has 0 saturated carbocycles. The Bertz CT molecular complexity index is 505. The number of benzene rings is 1. The maximum atomic E-state index is 11.6. The first-order valence-electron chi connectivity index (χ1n) is 4.88. The van der Waals surface area contributed by atoms with Crippen molar-refractivity contribution in [3.63, 3.8) is 0 Å². The van der Waals surface area contributed by atoms with E-state index in [1.807, 2.05) is 0 Å². The van der Waals surface area contributed by atoms with E-state index in [1.54, 1.807) is 36.4 Å². The second kappa shape index (κ2) is 6.65. The lowest BCUT2D eigenvalue weighted by molar-refractivity contribution is -0.122. The summed E-state index contributed by atoms with van der Waals surface area (Å²) in [5, 5.41) is 14.4. The minimum atomic E-state index is -0.750. The number of hydrogen-bond donors (Lipinski definition) is 2. The molecular formula is C11H10N4O3. The molecule has 3 N–H and O–H groups in total. The number of oxime groups is 1. The third-order valence-corrected chi connectivity index (χ3v) is 1.72. The molecule has 7 heteroatoms. The molecule has 0 bridgehead atoms. The van der Waals surface area contributed by atoms with Gasteiger partial charge in [0.05, 0.1) is 0 Å². The van der Waals surface area contributed by atoms with Gasteiger partial charge in [-0.25, -0.2) is 0 Å². The third kappa shape index (κ3) is 4.32. The molecule has 0 aromatic heterocycles. The van der Waals surface area contributed by atoms with E-state index in [0.29, 0.717) is 5.69 Å². The standard InChI is InChI=1S/C11H10N4O3/c12-6-9(15-18-7-10(13)16)11(17)14-8-4-2-1-3-5-8/h1-5H,7H2,(H2,13,16)(H,14,17)/b15-9-. The maximum absolute atomic E-state index is 11.6. The Labute approximate surface area is 103 Å². The molecule has 92 valence electrons. The number of hydrogen-bond acceptors (Lipinski definition) is 5. The average Bonchev–Trinajstić information content (AvgIpc) is 2.35. The summed E-state index contributed by atoms with van der Waals surface area (Å²) in [7, 11) is 0. The molecule has 1 rings (SSSR count). The molecule has 1 aromatic carbocycles. The van der Waals surface area contributed by atoms with E-state index in [1.165, 1.54) is 0 Å². The molecule has 0 unspecified atom stereocenters. The number of nitrogens with one attached hydrogen (secondary N) is 1. The van der Waals surface area contributed by atoms with Crippen molar-refractivity contribution in [1.29, 1.82) is 5.26 Å². The minimum Gasteiger partial charge on any atom is -0.384 e. The van der Waals surface area contributed by atoms with Gasteiger partial charge in [0.15, 0.2) is 6.61 Å². The highest BCUT2D eigenvalue weighted by atomic mass is 16.6. The third-order valence-electron chi connectivity index (χ3n) is 1.72. The second-order valence-electron chi connectivity index (χ2n) is 3.11. The second-order valence-corrected chi connectivity index (χ2v) is 3.11. The minimum absolute atomic E-state index is 0.496. The van der Waals surface area contributed by atoms with Crippen LogP contribution < -0.4 is 11.1 Å². The summed E-state index contributed by atoms with van der Waals surface area (Å²) in [6.45, 7) is -0.496. The molecule has 18 heavy (non-hydrogen) atoms. The van der Waals surface area contributed by atoms with Gasteiger partial charge in [0.2, 0.25) is 5.71 Å². The molecule has 0 heterocycles. The molecule has 0 radical (unpaired) electrons. The summed E-state index contributed by atoms with van der Waals surface area (Å²) < 4.78 is 0. The van der Waals surface area contributed by atoms with Crippen molar-refractivity contribution in [2.75, 3.05) is 11.9 Å². The molecule has 1 aromatic rings. The van der Waals surface area contributed by atoms with Gasteiger partial charge >= 0.3 is 0 Å². The molecule has 0 saturated heterocycles. The predicted molar refractivity (Wildman–Crippen MR) is 63.3 cm³/mol. The fourth-order valence-corrected chi connectivity index (χ4v) is 0.985. The van der Waals surface area contributed by atoms with Crippen molar-refractivity contribution in [3.05, 3.63) is 30.3 Å². The van der Waals surface area contributed by atoms with Crippen molar-refractivity contribution < 1.29 is 14.4 Å². The Hall–Kier alpha value is -2.88. The molecule has 0 aliphatic rings. The fraction of sp³-hybridized carbons (Fsp3) is 0.0909. The first-order valence-corrected chi connectivity index (χ1v) is 4.88. The quantitative estimate of drug-likeness (QED) is 0.561. The highest BCUT2D eigenvalue weighted by Crippen LogP contribution is 2.04. The Morgan fingerprint density at radius 3 is 2.61 bits per heavy atom. The van der Waals surface area contributed by atoms with E-state index in [0.717, 1.165) is 0 Å². The van der Waals surface area contributed by atoms with Crippen LogP contribution in [0.1, 0.15) is 0 Å². The summed E-state index contributed by atoms with van der Waals surface area (Å²) in [5.74, 6) is -1.48. The van der Waals surface area contributed by atoms with Crippen LogP contribution in [0.25, 0.3) is 0 Å². The Kier molecular flexibility index (Phi) is 4.87. The van der Waals surface area contributed by atoms with Crippen LogP contribution in [0, 0.1) is 11.3 Å². The smallest absolute Gasteiger partial charge is 0.288 e. The molecule has 0 fully saturated rings. The van der Waals surface area contributed by atoms with Gasteiger partial charge in [-0.05, 0) is 12.1 Å². The van der Waals surface area contributed by atoms with Gasteiger partial charge < -0.3 is 15.9 Å². The van der Waals surface area contributed by atoms with Crippen molar-refractivity contribution in [2.24, 2.45) is 10.9 Å². The molecule has 7 nitrogen and oxygen atoms in total. The van der Waals surface area contributed by atoms with E-state index >= 15 is 0 Å². The van der Waals surface area contributed by atoms with E-state index in [2.05, 4.69) is 15.3 Å². The number of nitriles is 1. The molecule has 2 amide bonds. The number of carbonyl (C=O) groups is 2. The van der Waals surface area contributed by atoms with Crippen LogP contribution in [-0.2, 0) is 14.4 Å². The fourth-order valence-electron chi connectivity index (χ4n) is 0.985. The van der Waals surface area contributed by atoms with Gasteiger partial charge in [-0.3, -0.25) is 9.59 Å². The lowest BCUT2D eigenvalue weighted by Gasteiger charge is -2.02. The van der Waals surface area contributed by atoms with Crippen molar-refractivity contribution >= 4 is 23.2 Å². The van der Waals surface area contributed by atoms with Crippen molar-refractivity contribution in [1.82, 2.24) is 0 Å². The molecule has 0 atom stereocenters. The van der Waals surface area contributed by atoms with Crippen LogP contribution in [0.2, 0.25) is 0 Å². The average molecular weight is 246 g/mol. The molecule has 0 spiro atoms. The Morgan fingerprint density at radius 2 is 2.06 bits per heavy atom. The van der Waals surface area contributed by atoms with Gasteiger partial charge in [0, 0.05) is 5.69 Å². The lowest BCUT2D eigenvalue weighted by Crippen LogP contribution is -2.23. The maximum Gasteiger partial charge on any atom is 0.288 e. The number of primary amides is 1. The van der Waals surface area contributed by atoms with E-state index < -0.39 is 24.1 Å². The first-order chi connectivity index (χ1) is 8.63. The van der Waals surface area contributed by atoms with Gasteiger partial charge in [-0.1, -0.05) is 23.4 Å². The van der Waals surface area contributed by atoms with Crippen LogP contribution in [0.15, 0.2) is 35.5 Å². The summed E-state index contributed by atoms with van der Waals surface area (Å²) in [4.78, 5) is 26.4. The first kappa shape index (κ1) is 13.2. The van der Waals surface area contributed by atoms with Crippen molar-refractivity contribution in [2.45, 2.75) is 0 Å². The zero-order valence-electron chi connectivity index (χ0n) is 9.29. The zero-order valence-corrected chi connectivity index (χ0v) is 9.29. The summed E-state index contributed by atoms with van der Waals surface area (Å²) in [5.41, 5.74) is 4.82. The molecular weight excluding hydrogens is 236 g/mol. The van der Waals surface area contributed by atoms with Crippen LogP contribution >= 0.6 is 0 Å². The molecule has 0 aliphatic heterocycles. The number of amides is 2. The number of nitrogens with two attached hydrogens (primary N) is 1. The van der Waals surface area contributed by atoms with Crippen LogP contribution in [0.5, 0.6) is 0 Å². The predicted octanol–water partition coefficient (Wildman–Crippen LogP) is 0.00658. The SMILES string of the molecule is N#C/C(=N/OCC(N)=O)C(=O)Nc1ccccc1. The number of nitrogens with zero attached hydrogens (tertiary/aromatic N) is 2. The number of para-hydroxylation sites is 1. The van der Waals surface area contributed by atoms with Gasteiger partial charge in [-0.2, -0.15) is 5.26 Å². The summed E-state index contributed by atoms with van der Waals surface area (Å²) >= 11 is 0. The van der Waals surface area contributed by atoms with Crippen LogP contribution in [0.4, 0.5) is 5.69 Å². The van der Waals surface area contributed by atoms with Crippen LogP contribution in [0.3, 0.4) is 0 Å². The van der Waals surface area contributed by atoms with Gasteiger partial charge in [0.25, 0.3) is 11.8 Å². The highest BCUT2D eigenvalue weighted by Gasteiger charge is 2.12. The zero-order chi connectivity index (χ0) is 13.4.